The molecule has 3 aromatic carbocycles. The van der Waals surface area contributed by atoms with Crippen LogP contribution in [0.4, 0.5) is 10.5 Å². The molecule has 0 spiro atoms. The third-order valence-electron chi connectivity index (χ3n) is 6.71. The molecule has 0 radical (unpaired) electrons. The van der Waals surface area contributed by atoms with Gasteiger partial charge in [-0.25, -0.2) is 13.2 Å². The van der Waals surface area contributed by atoms with Gasteiger partial charge in [-0.3, -0.25) is 10.1 Å². The van der Waals surface area contributed by atoms with Crippen molar-refractivity contribution in [3.8, 4) is 16.8 Å². The van der Waals surface area contributed by atoms with Crippen molar-refractivity contribution in [2.24, 2.45) is 0 Å². The van der Waals surface area contributed by atoms with E-state index >= 15 is 0 Å². The van der Waals surface area contributed by atoms with Crippen molar-refractivity contribution in [2.75, 3.05) is 18.7 Å². The van der Waals surface area contributed by atoms with Crippen molar-refractivity contribution in [3.63, 3.8) is 0 Å². The lowest BCUT2D eigenvalue weighted by Crippen LogP contribution is -2.29. The van der Waals surface area contributed by atoms with Gasteiger partial charge in [0.05, 0.1) is 24.5 Å². The quantitative estimate of drug-likeness (QED) is 0.204. The largest absolute Gasteiger partial charge is 0.453 e. The average molecular weight is 659 g/mol. The third kappa shape index (κ3) is 7.97. The minimum Gasteiger partial charge on any atom is -0.453 e. The van der Waals surface area contributed by atoms with E-state index in [1.807, 2.05) is 30.3 Å². The number of carbonyl (C=O) groups is 2. The molecule has 13 nitrogen and oxygen atoms in total. The number of rotatable bonds is 10. The summed E-state index contributed by atoms with van der Waals surface area (Å²) < 4.78 is 31.5. The molecule has 5 aromatic rings. The zero-order valence-corrected chi connectivity index (χ0v) is 26.1. The van der Waals surface area contributed by atoms with Gasteiger partial charge in [-0.1, -0.05) is 54.1 Å². The minimum absolute atomic E-state index is 0.231. The molecule has 2 heterocycles. The van der Waals surface area contributed by atoms with E-state index in [9.17, 15) is 18.0 Å². The fraction of sp³-hybridized carbons (Fsp3) is 0.129. The number of tetrazole rings is 1. The highest BCUT2D eigenvalue weighted by molar-refractivity contribution is 7.90. The number of ether oxygens (including phenoxy) is 1. The molecule has 15 heteroatoms. The first kappa shape index (κ1) is 31.9. The molecular formula is C31H27ClN8O5S. The molecule has 0 fully saturated rings. The van der Waals surface area contributed by atoms with Crippen LogP contribution >= 0.6 is 11.6 Å². The molecular weight excluding hydrogens is 632 g/mol. The molecule has 2 aromatic heterocycles. The monoisotopic (exact) mass is 658 g/mol. The van der Waals surface area contributed by atoms with Crippen LogP contribution in [0.5, 0.6) is 0 Å². The molecule has 0 aliphatic heterocycles. The predicted octanol–water partition coefficient (Wildman–Crippen LogP) is 4.47. The molecule has 0 aliphatic carbocycles. The molecule has 0 aliphatic rings. The van der Waals surface area contributed by atoms with Crippen LogP contribution in [0.15, 0.2) is 96.3 Å². The molecule has 5 rings (SSSR count). The van der Waals surface area contributed by atoms with E-state index in [1.54, 1.807) is 54.6 Å². The van der Waals surface area contributed by atoms with E-state index in [4.69, 9.17) is 11.6 Å². The molecule has 46 heavy (non-hydrogen) atoms. The summed E-state index contributed by atoms with van der Waals surface area (Å²) in [5.74, 6) is -0.447. The SMILES string of the molecule is COC(=O)Nc1ccc(-c2cc([C@H](Cc3ccccc3)NC(=O)C=Cc3cc(Cl)ccc3-n3cnnn3)nnc2S(C)(=O)=O)cc1. The number of hydrogen-bond acceptors (Lipinski definition) is 10. The Balaban J connectivity index is 1.49. The zero-order chi connectivity index (χ0) is 32.7. The van der Waals surface area contributed by atoms with Crippen LogP contribution in [-0.2, 0) is 25.8 Å². The zero-order valence-electron chi connectivity index (χ0n) is 24.5. The van der Waals surface area contributed by atoms with Gasteiger partial charge in [0.25, 0.3) is 0 Å². The Morgan fingerprint density at radius 2 is 1.78 bits per heavy atom. The van der Waals surface area contributed by atoms with Gasteiger partial charge >= 0.3 is 6.09 Å². The summed E-state index contributed by atoms with van der Waals surface area (Å²) >= 11 is 6.22. The van der Waals surface area contributed by atoms with Crippen LogP contribution in [0.1, 0.15) is 22.9 Å². The Morgan fingerprint density at radius 3 is 2.46 bits per heavy atom. The molecule has 234 valence electrons. The number of aromatic nitrogens is 6. The summed E-state index contributed by atoms with van der Waals surface area (Å²) in [5, 5.41) is 25.3. The highest BCUT2D eigenvalue weighted by Gasteiger charge is 2.23. The lowest BCUT2D eigenvalue weighted by Gasteiger charge is -2.19. The van der Waals surface area contributed by atoms with Crippen LogP contribution in [-0.4, -0.2) is 64.2 Å². The second kappa shape index (κ2) is 14.1. The van der Waals surface area contributed by atoms with Crippen molar-refractivity contribution in [1.82, 2.24) is 35.7 Å². The number of carbonyl (C=O) groups excluding carboxylic acids is 2. The smallest absolute Gasteiger partial charge is 0.411 e. The summed E-state index contributed by atoms with van der Waals surface area (Å²) in [6.45, 7) is 0. The van der Waals surface area contributed by atoms with Crippen molar-refractivity contribution >= 4 is 45.2 Å². The lowest BCUT2D eigenvalue weighted by molar-refractivity contribution is -0.117. The van der Waals surface area contributed by atoms with Crippen LogP contribution < -0.4 is 10.6 Å². The maximum atomic E-state index is 13.3. The highest BCUT2D eigenvalue weighted by atomic mass is 35.5. The third-order valence-corrected chi connectivity index (χ3v) is 7.95. The second-order valence-electron chi connectivity index (χ2n) is 10.00. The Kier molecular flexibility index (Phi) is 9.79. The van der Waals surface area contributed by atoms with Crippen LogP contribution in [0.2, 0.25) is 5.02 Å². The fourth-order valence-corrected chi connectivity index (χ4v) is 5.50. The molecule has 0 saturated carbocycles. The Bertz CT molecular complexity index is 1990. The summed E-state index contributed by atoms with van der Waals surface area (Å²) in [5.41, 5.74) is 3.68. The predicted molar refractivity (Wildman–Crippen MR) is 171 cm³/mol. The Morgan fingerprint density at radius 1 is 1.02 bits per heavy atom. The molecule has 0 saturated heterocycles. The second-order valence-corrected chi connectivity index (χ2v) is 12.4. The van der Waals surface area contributed by atoms with Crippen LogP contribution in [0.25, 0.3) is 22.9 Å². The van der Waals surface area contributed by atoms with Gasteiger partial charge < -0.3 is 10.1 Å². The summed E-state index contributed by atoms with van der Waals surface area (Å²) in [6, 6.07) is 21.9. The number of anilines is 1. The highest BCUT2D eigenvalue weighted by Crippen LogP contribution is 2.30. The number of nitrogens with zero attached hydrogens (tertiary/aromatic N) is 6. The summed E-state index contributed by atoms with van der Waals surface area (Å²) in [7, 11) is -2.55. The van der Waals surface area contributed by atoms with E-state index in [0.717, 1.165) is 11.8 Å². The molecule has 2 amide bonds. The van der Waals surface area contributed by atoms with E-state index in [1.165, 1.54) is 24.2 Å². The number of methoxy groups -OCH3 is 1. The normalized spacial score (nSPS) is 12.1. The van der Waals surface area contributed by atoms with Crippen molar-refractivity contribution in [3.05, 3.63) is 113 Å². The maximum Gasteiger partial charge on any atom is 0.411 e. The summed E-state index contributed by atoms with van der Waals surface area (Å²) in [4.78, 5) is 24.9. The fourth-order valence-electron chi connectivity index (χ4n) is 4.55. The molecule has 1 atom stereocenters. The minimum atomic E-state index is -3.79. The van der Waals surface area contributed by atoms with E-state index in [-0.39, 0.29) is 10.6 Å². The van der Waals surface area contributed by atoms with Gasteiger partial charge in [-0.05, 0) is 70.4 Å². The Hall–Kier alpha value is -5.47. The van der Waals surface area contributed by atoms with E-state index < -0.39 is 27.9 Å². The van der Waals surface area contributed by atoms with Crippen molar-refractivity contribution < 1.29 is 22.7 Å². The number of nitrogens with one attached hydrogen (secondary N) is 2. The molecule has 0 bridgehead atoms. The number of halogens is 1. The van der Waals surface area contributed by atoms with Gasteiger partial charge in [0.2, 0.25) is 5.91 Å². The molecule has 0 unspecified atom stereocenters. The number of benzene rings is 3. The van der Waals surface area contributed by atoms with E-state index in [0.29, 0.717) is 39.6 Å². The van der Waals surface area contributed by atoms with E-state index in [2.05, 4.69) is 41.1 Å². The first-order valence-electron chi connectivity index (χ1n) is 13.7. The summed E-state index contributed by atoms with van der Waals surface area (Å²) in [6.07, 6.45) is 5.10. The Labute approximate surface area is 269 Å². The van der Waals surface area contributed by atoms with Gasteiger partial charge in [0, 0.05) is 34.2 Å². The van der Waals surface area contributed by atoms with Gasteiger partial charge in [0.1, 0.15) is 6.33 Å². The standard InChI is InChI=1S/C31H27ClN8O5S/c1-45-31(42)34-24-12-8-21(9-13-24)25-18-27(36-37-30(25)46(2,43)44)26(16-20-6-4-3-5-7-20)35-29(41)15-10-22-17-23(32)11-14-28(22)40-19-33-38-39-40/h3-15,17-19,26H,16H2,1-2H3,(H,34,42)(H,35,41)/t26-/m0/s1. The van der Waals surface area contributed by atoms with Crippen molar-refractivity contribution in [1.29, 1.82) is 0 Å². The van der Waals surface area contributed by atoms with Gasteiger partial charge in [0.15, 0.2) is 14.9 Å². The van der Waals surface area contributed by atoms with Crippen LogP contribution in [0.3, 0.4) is 0 Å². The molecule has 2 N–H and O–H groups in total. The number of hydrogen-bond donors (Lipinski definition) is 2. The van der Waals surface area contributed by atoms with Crippen LogP contribution in [0, 0.1) is 0 Å². The van der Waals surface area contributed by atoms with Crippen molar-refractivity contribution in [2.45, 2.75) is 17.5 Å². The van der Waals surface area contributed by atoms with Gasteiger partial charge in [-0.2, -0.15) is 9.78 Å². The van der Waals surface area contributed by atoms with Gasteiger partial charge in [-0.15, -0.1) is 10.2 Å². The first-order valence-corrected chi connectivity index (χ1v) is 16.0. The average Bonchev–Trinajstić information content (AvgIpc) is 3.58. The topological polar surface area (TPSA) is 171 Å². The lowest BCUT2D eigenvalue weighted by atomic mass is 10.00. The maximum absolute atomic E-state index is 13.3. The first-order chi connectivity index (χ1) is 22.1. The number of sulfone groups is 1. The number of amides is 2.